The fourth-order valence-electron chi connectivity index (χ4n) is 3.84. The Labute approximate surface area is 156 Å². The Hall–Kier alpha value is -3.53. The van der Waals surface area contributed by atoms with Gasteiger partial charge in [0.15, 0.2) is 5.60 Å². The highest BCUT2D eigenvalue weighted by Crippen LogP contribution is 2.44. The Bertz CT molecular complexity index is 1160. The number of rotatable bonds is 3. The molecule has 134 valence electrons. The number of ether oxygens (including phenoxy) is 1. The normalized spacial score (nSPS) is 13.4. The fourth-order valence-corrected chi connectivity index (χ4v) is 3.84. The molecular formula is C23H19NO3. The van der Waals surface area contributed by atoms with Gasteiger partial charge in [0.25, 0.3) is 0 Å². The van der Waals surface area contributed by atoms with Gasteiger partial charge in [-0.1, -0.05) is 72.8 Å². The summed E-state index contributed by atoms with van der Waals surface area (Å²) in [4.78, 5) is 11.9. The Morgan fingerprint density at radius 3 is 2.15 bits per heavy atom. The van der Waals surface area contributed by atoms with Crippen LogP contribution in [0.3, 0.4) is 0 Å². The van der Waals surface area contributed by atoms with Crippen molar-refractivity contribution in [3.05, 3.63) is 90.0 Å². The van der Waals surface area contributed by atoms with Crippen molar-refractivity contribution in [1.29, 1.82) is 0 Å². The van der Waals surface area contributed by atoms with E-state index in [1.54, 1.807) is 13.0 Å². The van der Waals surface area contributed by atoms with Crippen molar-refractivity contribution < 1.29 is 14.6 Å². The molecule has 0 aliphatic heterocycles. The number of fused-ring (bicyclic) bond motifs is 2. The Kier molecular flexibility index (Phi) is 3.96. The molecule has 0 saturated heterocycles. The summed E-state index contributed by atoms with van der Waals surface area (Å²) in [6.45, 7) is 1.76. The SMILES string of the molecule is CC(OC(N)=O)(c1cccc2ccccc12)c1c(O)ccc2ccccc12. The average Bonchev–Trinajstić information content (AvgIpc) is 2.66. The van der Waals surface area contributed by atoms with Crippen LogP contribution in [0.2, 0.25) is 0 Å². The summed E-state index contributed by atoms with van der Waals surface area (Å²) in [5.74, 6) is 0.0467. The third kappa shape index (κ3) is 2.75. The first-order chi connectivity index (χ1) is 13.0. The van der Waals surface area contributed by atoms with Crippen molar-refractivity contribution in [2.75, 3.05) is 0 Å². The summed E-state index contributed by atoms with van der Waals surface area (Å²) < 4.78 is 5.69. The molecule has 3 N–H and O–H groups in total. The van der Waals surface area contributed by atoms with Crippen LogP contribution in [0.1, 0.15) is 18.1 Å². The molecule has 0 bridgehead atoms. The van der Waals surface area contributed by atoms with Crippen LogP contribution in [0.25, 0.3) is 21.5 Å². The number of aromatic hydroxyl groups is 1. The summed E-state index contributed by atoms with van der Waals surface area (Å²) in [5.41, 5.74) is 5.45. The van der Waals surface area contributed by atoms with Crippen LogP contribution in [0.15, 0.2) is 78.9 Å². The Balaban J connectivity index is 2.11. The summed E-state index contributed by atoms with van der Waals surface area (Å²) >= 11 is 0. The maximum Gasteiger partial charge on any atom is 0.405 e. The second kappa shape index (κ2) is 6.32. The maximum absolute atomic E-state index is 11.9. The molecule has 4 nitrogen and oxygen atoms in total. The van der Waals surface area contributed by atoms with Crippen molar-refractivity contribution in [3.63, 3.8) is 0 Å². The highest BCUT2D eigenvalue weighted by atomic mass is 16.6. The Morgan fingerprint density at radius 2 is 1.44 bits per heavy atom. The number of phenols is 1. The molecule has 4 aromatic carbocycles. The van der Waals surface area contributed by atoms with E-state index < -0.39 is 11.7 Å². The second-order valence-electron chi connectivity index (χ2n) is 6.66. The summed E-state index contributed by atoms with van der Waals surface area (Å²) in [5, 5.41) is 14.4. The number of phenolic OH excluding ortho intramolecular Hbond substituents is 1. The van der Waals surface area contributed by atoms with Crippen LogP contribution in [0.5, 0.6) is 5.75 Å². The van der Waals surface area contributed by atoms with Gasteiger partial charge < -0.3 is 15.6 Å². The first-order valence-corrected chi connectivity index (χ1v) is 8.68. The minimum absolute atomic E-state index is 0.0467. The van der Waals surface area contributed by atoms with Crippen LogP contribution < -0.4 is 5.73 Å². The lowest BCUT2D eigenvalue weighted by Crippen LogP contribution is -2.33. The molecule has 1 amide bonds. The minimum atomic E-state index is -1.27. The highest BCUT2D eigenvalue weighted by molar-refractivity contribution is 5.92. The van der Waals surface area contributed by atoms with Crippen molar-refractivity contribution in [2.24, 2.45) is 5.73 Å². The van der Waals surface area contributed by atoms with Crippen molar-refractivity contribution in [3.8, 4) is 5.75 Å². The third-order valence-electron chi connectivity index (χ3n) is 4.99. The van der Waals surface area contributed by atoms with Gasteiger partial charge in [0, 0.05) is 11.1 Å². The number of benzene rings is 4. The van der Waals surface area contributed by atoms with E-state index in [9.17, 15) is 9.90 Å². The second-order valence-corrected chi connectivity index (χ2v) is 6.66. The van der Waals surface area contributed by atoms with Gasteiger partial charge in [0.2, 0.25) is 0 Å². The standard InChI is InChI=1S/C23H19NO3/c1-23(27-22(24)26,19-12-6-9-15-7-2-4-10-17(15)19)21-18-11-5-3-8-16(18)13-14-20(21)25/h2-14,25H,1H3,(H2,24,26). The van der Waals surface area contributed by atoms with E-state index in [0.717, 1.165) is 27.1 Å². The van der Waals surface area contributed by atoms with E-state index in [1.807, 2.05) is 72.8 Å². The molecule has 0 aliphatic rings. The topological polar surface area (TPSA) is 72.5 Å². The summed E-state index contributed by atoms with van der Waals surface area (Å²) in [6.07, 6.45) is -0.905. The molecule has 0 saturated carbocycles. The van der Waals surface area contributed by atoms with Gasteiger partial charge >= 0.3 is 6.09 Å². The summed E-state index contributed by atoms with van der Waals surface area (Å²) in [7, 11) is 0. The number of hydrogen-bond donors (Lipinski definition) is 2. The lowest BCUT2D eigenvalue weighted by atomic mass is 9.82. The van der Waals surface area contributed by atoms with Crippen LogP contribution in [-0.2, 0) is 10.3 Å². The van der Waals surface area contributed by atoms with Gasteiger partial charge in [-0.25, -0.2) is 4.79 Å². The average molecular weight is 357 g/mol. The number of carbonyl (C=O) groups is 1. The van der Waals surface area contributed by atoms with Crippen LogP contribution in [-0.4, -0.2) is 11.2 Å². The van der Waals surface area contributed by atoms with Gasteiger partial charge in [-0.3, -0.25) is 0 Å². The zero-order chi connectivity index (χ0) is 19.0. The first-order valence-electron chi connectivity index (χ1n) is 8.68. The van der Waals surface area contributed by atoms with Crippen LogP contribution >= 0.6 is 0 Å². The highest BCUT2D eigenvalue weighted by Gasteiger charge is 2.38. The summed E-state index contributed by atoms with van der Waals surface area (Å²) in [6, 6.07) is 24.8. The number of carbonyl (C=O) groups excluding carboxylic acids is 1. The van der Waals surface area contributed by atoms with Crippen LogP contribution in [0, 0.1) is 0 Å². The third-order valence-corrected chi connectivity index (χ3v) is 4.99. The monoisotopic (exact) mass is 357 g/mol. The molecule has 0 radical (unpaired) electrons. The smallest absolute Gasteiger partial charge is 0.405 e. The molecule has 1 atom stereocenters. The van der Waals surface area contributed by atoms with Gasteiger partial charge in [-0.05, 0) is 34.5 Å². The van der Waals surface area contributed by atoms with Gasteiger partial charge in [0.1, 0.15) is 5.75 Å². The molecule has 1 unspecified atom stereocenters. The fraction of sp³-hybridized carbons (Fsp3) is 0.0870. The predicted octanol–water partition coefficient (Wildman–Crippen LogP) is 5.06. The van der Waals surface area contributed by atoms with Gasteiger partial charge in [-0.15, -0.1) is 0 Å². The van der Waals surface area contributed by atoms with E-state index in [1.165, 1.54) is 0 Å². The van der Waals surface area contributed by atoms with E-state index in [4.69, 9.17) is 10.5 Å². The van der Waals surface area contributed by atoms with Crippen LogP contribution in [0.4, 0.5) is 4.79 Å². The zero-order valence-electron chi connectivity index (χ0n) is 14.8. The quantitative estimate of drug-likeness (QED) is 0.538. The molecule has 0 fully saturated rings. The van der Waals surface area contributed by atoms with E-state index >= 15 is 0 Å². The predicted molar refractivity (Wildman–Crippen MR) is 107 cm³/mol. The molecule has 4 rings (SSSR count). The van der Waals surface area contributed by atoms with E-state index in [-0.39, 0.29) is 5.75 Å². The van der Waals surface area contributed by atoms with Gasteiger partial charge in [0.05, 0.1) is 0 Å². The minimum Gasteiger partial charge on any atom is -0.507 e. The zero-order valence-corrected chi connectivity index (χ0v) is 14.8. The molecule has 0 aromatic heterocycles. The number of amides is 1. The molecule has 4 aromatic rings. The molecule has 0 heterocycles. The van der Waals surface area contributed by atoms with E-state index in [2.05, 4.69) is 0 Å². The molecule has 4 heteroatoms. The Morgan fingerprint density at radius 1 is 0.852 bits per heavy atom. The van der Waals surface area contributed by atoms with E-state index in [0.29, 0.717) is 5.56 Å². The van der Waals surface area contributed by atoms with Gasteiger partial charge in [-0.2, -0.15) is 0 Å². The molecule has 0 aliphatic carbocycles. The molecule has 27 heavy (non-hydrogen) atoms. The molecule has 0 spiro atoms. The number of nitrogens with two attached hydrogens (primary N) is 1. The van der Waals surface area contributed by atoms with Crippen molar-refractivity contribution in [1.82, 2.24) is 0 Å². The number of primary amides is 1. The lowest BCUT2D eigenvalue weighted by molar-refractivity contribution is 0.0600. The maximum atomic E-state index is 11.9. The number of hydrogen-bond acceptors (Lipinski definition) is 3. The van der Waals surface area contributed by atoms with Crippen molar-refractivity contribution in [2.45, 2.75) is 12.5 Å². The molecular weight excluding hydrogens is 338 g/mol. The first kappa shape index (κ1) is 16.9. The lowest BCUT2D eigenvalue weighted by Gasteiger charge is -2.32. The van der Waals surface area contributed by atoms with Crippen molar-refractivity contribution >= 4 is 27.6 Å². The largest absolute Gasteiger partial charge is 0.507 e.